The predicted octanol–water partition coefficient (Wildman–Crippen LogP) is 3.74. The highest BCUT2D eigenvalue weighted by Crippen LogP contribution is 2.35. The average Bonchev–Trinajstić information content (AvgIpc) is 3.21. The number of nitrogens with one attached hydrogen (secondary N) is 2. The molecule has 6 heteroatoms. The van der Waals surface area contributed by atoms with Crippen LogP contribution in [-0.2, 0) is 16.6 Å². The molecular formula is C21H30IN3O2. The van der Waals surface area contributed by atoms with Crippen LogP contribution in [0.4, 0.5) is 0 Å². The summed E-state index contributed by atoms with van der Waals surface area (Å²) in [5.41, 5.74) is 1.42. The zero-order valence-corrected chi connectivity index (χ0v) is 18.3. The van der Waals surface area contributed by atoms with E-state index < -0.39 is 0 Å². The second kappa shape index (κ2) is 11.3. The van der Waals surface area contributed by atoms with Crippen LogP contribution >= 0.6 is 24.0 Å². The summed E-state index contributed by atoms with van der Waals surface area (Å²) in [4.78, 5) is 4.91. The number of halogens is 1. The largest absolute Gasteiger partial charge is 0.469 e. The third-order valence-corrected chi connectivity index (χ3v) is 4.96. The van der Waals surface area contributed by atoms with Gasteiger partial charge in [-0.2, -0.15) is 0 Å². The smallest absolute Gasteiger partial charge is 0.191 e. The SMILES string of the molecule is CCNC(=NCC1(c2ccccc2)CCOCC1)NCCc1ccco1.I. The minimum absolute atomic E-state index is 0. The molecule has 1 aromatic heterocycles. The van der Waals surface area contributed by atoms with Crippen molar-refractivity contribution in [2.24, 2.45) is 4.99 Å². The van der Waals surface area contributed by atoms with Crippen LogP contribution in [-0.4, -0.2) is 38.8 Å². The van der Waals surface area contributed by atoms with E-state index in [0.29, 0.717) is 0 Å². The number of hydrogen-bond donors (Lipinski definition) is 2. The summed E-state index contributed by atoms with van der Waals surface area (Å²) in [5, 5.41) is 6.76. The van der Waals surface area contributed by atoms with Gasteiger partial charge in [-0.15, -0.1) is 24.0 Å². The molecule has 3 rings (SSSR count). The molecule has 0 radical (unpaired) electrons. The van der Waals surface area contributed by atoms with Crippen molar-refractivity contribution < 1.29 is 9.15 Å². The zero-order valence-electron chi connectivity index (χ0n) is 15.9. The lowest BCUT2D eigenvalue weighted by Gasteiger charge is -2.36. The second-order valence-corrected chi connectivity index (χ2v) is 6.71. The monoisotopic (exact) mass is 483 g/mol. The third-order valence-electron chi connectivity index (χ3n) is 4.96. The van der Waals surface area contributed by atoms with E-state index in [2.05, 4.69) is 47.9 Å². The molecule has 0 atom stereocenters. The Labute approximate surface area is 179 Å². The second-order valence-electron chi connectivity index (χ2n) is 6.71. The molecule has 0 unspecified atom stereocenters. The third kappa shape index (κ3) is 6.24. The van der Waals surface area contributed by atoms with Gasteiger partial charge in [0.15, 0.2) is 5.96 Å². The maximum atomic E-state index is 5.62. The van der Waals surface area contributed by atoms with Gasteiger partial charge in [0.05, 0.1) is 12.8 Å². The Morgan fingerprint density at radius 3 is 2.52 bits per heavy atom. The molecular weight excluding hydrogens is 453 g/mol. The van der Waals surface area contributed by atoms with Crippen molar-refractivity contribution in [2.45, 2.75) is 31.6 Å². The summed E-state index contributed by atoms with van der Waals surface area (Å²) in [7, 11) is 0. The van der Waals surface area contributed by atoms with Crippen LogP contribution in [0.25, 0.3) is 0 Å². The summed E-state index contributed by atoms with van der Waals surface area (Å²) >= 11 is 0. The number of hydrogen-bond acceptors (Lipinski definition) is 3. The lowest BCUT2D eigenvalue weighted by Crippen LogP contribution is -2.41. The van der Waals surface area contributed by atoms with Gasteiger partial charge in [-0.1, -0.05) is 30.3 Å². The minimum Gasteiger partial charge on any atom is -0.469 e. The molecule has 148 valence electrons. The Hall–Kier alpha value is -1.54. The zero-order chi connectivity index (χ0) is 18.1. The van der Waals surface area contributed by atoms with Gasteiger partial charge < -0.3 is 19.8 Å². The highest BCUT2D eigenvalue weighted by Gasteiger charge is 2.34. The van der Waals surface area contributed by atoms with Crippen LogP contribution in [0.3, 0.4) is 0 Å². The molecule has 0 saturated carbocycles. The van der Waals surface area contributed by atoms with Crippen molar-refractivity contribution in [2.75, 3.05) is 32.8 Å². The fraction of sp³-hybridized carbons (Fsp3) is 0.476. The first-order valence-electron chi connectivity index (χ1n) is 9.50. The predicted molar refractivity (Wildman–Crippen MR) is 120 cm³/mol. The van der Waals surface area contributed by atoms with E-state index in [1.165, 1.54) is 5.56 Å². The molecule has 2 heterocycles. The summed E-state index contributed by atoms with van der Waals surface area (Å²) in [6, 6.07) is 14.7. The Morgan fingerprint density at radius 1 is 1.07 bits per heavy atom. The van der Waals surface area contributed by atoms with E-state index in [4.69, 9.17) is 14.1 Å². The van der Waals surface area contributed by atoms with Crippen molar-refractivity contribution in [1.29, 1.82) is 0 Å². The summed E-state index contributed by atoms with van der Waals surface area (Å²) in [6.07, 6.45) is 4.57. The molecule has 2 aromatic rings. The molecule has 5 nitrogen and oxygen atoms in total. The first-order valence-corrected chi connectivity index (χ1v) is 9.50. The van der Waals surface area contributed by atoms with Crippen LogP contribution < -0.4 is 10.6 Å². The number of furan rings is 1. The molecule has 1 aliphatic rings. The van der Waals surface area contributed by atoms with E-state index in [0.717, 1.165) is 63.8 Å². The van der Waals surface area contributed by atoms with Gasteiger partial charge in [-0.25, -0.2) is 0 Å². The normalized spacial score (nSPS) is 16.4. The van der Waals surface area contributed by atoms with E-state index in [-0.39, 0.29) is 29.4 Å². The Balaban J connectivity index is 0.00000261. The van der Waals surface area contributed by atoms with Gasteiger partial charge in [-0.3, -0.25) is 4.99 Å². The molecule has 1 aromatic carbocycles. The Kier molecular flexibility index (Phi) is 9.14. The highest BCUT2D eigenvalue weighted by molar-refractivity contribution is 14.0. The van der Waals surface area contributed by atoms with Gasteiger partial charge in [0.25, 0.3) is 0 Å². The highest BCUT2D eigenvalue weighted by atomic mass is 127. The summed E-state index contributed by atoms with van der Waals surface area (Å²) in [6.45, 7) is 6.08. The quantitative estimate of drug-likeness (QED) is 0.358. The molecule has 0 bridgehead atoms. The maximum absolute atomic E-state index is 5.62. The fourth-order valence-corrected chi connectivity index (χ4v) is 3.42. The molecule has 0 spiro atoms. The number of guanidine groups is 1. The molecule has 1 aliphatic heterocycles. The van der Waals surface area contributed by atoms with Crippen molar-refractivity contribution in [3.63, 3.8) is 0 Å². The van der Waals surface area contributed by atoms with Gasteiger partial charge in [-0.05, 0) is 37.5 Å². The first-order chi connectivity index (χ1) is 12.8. The first kappa shape index (κ1) is 21.8. The fourth-order valence-electron chi connectivity index (χ4n) is 3.42. The number of rotatable bonds is 7. The number of ether oxygens (including phenoxy) is 1. The number of nitrogens with zero attached hydrogens (tertiary/aromatic N) is 1. The Morgan fingerprint density at radius 2 is 1.85 bits per heavy atom. The van der Waals surface area contributed by atoms with Crippen LogP contribution in [0.15, 0.2) is 58.1 Å². The summed E-state index contributed by atoms with van der Waals surface area (Å²) in [5.74, 6) is 1.85. The number of aliphatic imine (C=N–C) groups is 1. The van der Waals surface area contributed by atoms with Crippen LogP contribution in [0, 0.1) is 0 Å². The molecule has 0 aliphatic carbocycles. The van der Waals surface area contributed by atoms with Gasteiger partial charge in [0, 0.05) is 38.1 Å². The Bertz CT molecular complexity index is 668. The van der Waals surface area contributed by atoms with Crippen LogP contribution in [0.1, 0.15) is 31.1 Å². The number of benzene rings is 1. The minimum atomic E-state index is 0. The lowest BCUT2D eigenvalue weighted by atomic mass is 9.74. The van der Waals surface area contributed by atoms with Crippen molar-refractivity contribution in [1.82, 2.24) is 10.6 Å². The maximum Gasteiger partial charge on any atom is 0.191 e. The van der Waals surface area contributed by atoms with Gasteiger partial charge in [0.2, 0.25) is 0 Å². The van der Waals surface area contributed by atoms with E-state index in [9.17, 15) is 0 Å². The molecule has 27 heavy (non-hydrogen) atoms. The van der Waals surface area contributed by atoms with E-state index in [1.54, 1.807) is 6.26 Å². The molecule has 1 fully saturated rings. The molecule has 0 amide bonds. The summed E-state index contributed by atoms with van der Waals surface area (Å²) < 4.78 is 11.0. The van der Waals surface area contributed by atoms with E-state index in [1.807, 2.05) is 12.1 Å². The van der Waals surface area contributed by atoms with Crippen LogP contribution in [0.2, 0.25) is 0 Å². The lowest BCUT2D eigenvalue weighted by molar-refractivity contribution is 0.0531. The van der Waals surface area contributed by atoms with Crippen molar-refractivity contribution in [3.05, 3.63) is 60.1 Å². The van der Waals surface area contributed by atoms with E-state index >= 15 is 0 Å². The molecule has 1 saturated heterocycles. The van der Waals surface area contributed by atoms with Crippen molar-refractivity contribution in [3.8, 4) is 0 Å². The molecule has 2 N–H and O–H groups in total. The topological polar surface area (TPSA) is 58.8 Å². The van der Waals surface area contributed by atoms with Crippen LogP contribution in [0.5, 0.6) is 0 Å². The van der Waals surface area contributed by atoms with Gasteiger partial charge in [0.1, 0.15) is 5.76 Å². The van der Waals surface area contributed by atoms with Crippen molar-refractivity contribution >= 4 is 29.9 Å². The van der Waals surface area contributed by atoms with Gasteiger partial charge >= 0.3 is 0 Å². The standard InChI is InChI=1S/C21H29N3O2.HI/c1-2-22-20(23-13-10-19-9-6-14-26-19)24-17-21(11-15-25-16-12-21)18-7-4-3-5-8-18;/h3-9,14H,2,10-13,15-17H2,1H3,(H2,22,23,24);1H. The average molecular weight is 483 g/mol.